The second-order valence-electron chi connectivity index (χ2n) is 4.31. The molecule has 0 unspecified atom stereocenters. The van der Waals surface area contributed by atoms with Crippen molar-refractivity contribution in [1.29, 1.82) is 0 Å². The minimum absolute atomic E-state index is 0.257. The third kappa shape index (κ3) is 3.07. The van der Waals surface area contributed by atoms with E-state index >= 15 is 0 Å². The highest BCUT2D eigenvalue weighted by Gasteiger charge is 2.37. The van der Waals surface area contributed by atoms with Crippen molar-refractivity contribution < 1.29 is 18.0 Å². The van der Waals surface area contributed by atoms with Gasteiger partial charge in [0.05, 0.1) is 5.54 Å². The van der Waals surface area contributed by atoms with Gasteiger partial charge in [-0.05, 0) is 25.0 Å². The van der Waals surface area contributed by atoms with Gasteiger partial charge in [0.2, 0.25) is 10.0 Å². The molecule has 6 nitrogen and oxygen atoms in total. The summed E-state index contributed by atoms with van der Waals surface area (Å²) in [6.07, 6.45) is 0.514. The van der Waals surface area contributed by atoms with E-state index in [2.05, 4.69) is 9.88 Å². The summed E-state index contributed by atoms with van der Waals surface area (Å²) >= 11 is 0. The number of hydrogen-bond donors (Lipinski definition) is 3. The minimum atomic E-state index is -4.12. The molecule has 1 aromatic carbocycles. The van der Waals surface area contributed by atoms with Gasteiger partial charge in [-0.15, -0.1) is 0 Å². The first-order valence-electron chi connectivity index (χ1n) is 6.09. The molecule has 0 heterocycles. The molecule has 0 amide bonds. The Labute approximate surface area is 117 Å². The number of rotatable bonds is 6. The molecule has 4 N–H and O–H groups in total. The predicted octanol–water partition coefficient (Wildman–Crippen LogP) is 1.41. The van der Waals surface area contributed by atoms with Gasteiger partial charge in [-0.1, -0.05) is 31.1 Å². The maximum Gasteiger partial charge on any atom is 0.244 e. The molecule has 20 heavy (non-hydrogen) atoms. The third-order valence-corrected chi connectivity index (χ3v) is 4.83. The molecule has 0 atom stereocenters. The van der Waals surface area contributed by atoms with Gasteiger partial charge >= 0.3 is 0 Å². The maximum atomic E-state index is 13.6. The zero-order valence-electron chi connectivity index (χ0n) is 11.3. The summed E-state index contributed by atoms with van der Waals surface area (Å²) in [4.78, 5) is -0.475. The monoisotopic (exact) mass is 303 g/mol. The largest absolute Gasteiger partial charge is 0.409 e. The Morgan fingerprint density at radius 1 is 1.40 bits per heavy atom. The Bertz CT molecular complexity index is 598. The molecule has 112 valence electrons. The molecule has 0 fully saturated rings. The van der Waals surface area contributed by atoms with Gasteiger partial charge in [0, 0.05) is 0 Å². The van der Waals surface area contributed by atoms with E-state index in [1.54, 1.807) is 13.8 Å². The fourth-order valence-corrected chi connectivity index (χ4v) is 3.48. The SMILES string of the molecule is CCC(CC)(NS(=O)(=O)c1ccccc1F)/C(N)=N/O. The predicted molar refractivity (Wildman–Crippen MR) is 73.4 cm³/mol. The molecule has 0 aliphatic rings. The Morgan fingerprint density at radius 3 is 2.40 bits per heavy atom. The van der Waals surface area contributed by atoms with Crippen molar-refractivity contribution in [3.63, 3.8) is 0 Å². The van der Waals surface area contributed by atoms with Crippen molar-refractivity contribution in [2.45, 2.75) is 37.1 Å². The van der Waals surface area contributed by atoms with E-state index in [-0.39, 0.29) is 18.7 Å². The van der Waals surface area contributed by atoms with E-state index in [9.17, 15) is 12.8 Å². The Hall–Kier alpha value is -1.67. The van der Waals surface area contributed by atoms with Crippen LogP contribution in [0.3, 0.4) is 0 Å². The molecule has 0 aliphatic carbocycles. The van der Waals surface area contributed by atoms with E-state index in [0.29, 0.717) is 0 Å². The third-order valence-electron chi connectivity index (χ3n) is 3.26. The molecule has 0 spiro atoms. The number of oxime groups is 1. The number of nitrogens with one attached hydrogen (secondary N) is 1. The van der Waals surface area contributed by atoms with Crippen LogP contribution in [0.4, 0.5) is 4.39 Å². The zero-order chi connectivity index (χ0) is 15.4. The fraction of sp³-hybridized carbons (Fsp3) is 0.417. The van der Waals surface area contributed by atoms with Gasteiger partial charge in [0.25, 0.3) is 0 Å². The molecule has 0 saturated heterocycles. The first-order chi connectivity index (χ1) is 9.33. The summed E-state index contributed by atoms with van der Waals surface area (Å²) in [5.74, 6) is -1.12. The van der Waals surface area contributed by atoms with Crippen LogP contribution in [-0.4, -0.2) is 25.0 Å². The molecule has 8 heteroatoms. The molecule has 1 aromatic rings. The number of sulfonamides is 1. The van der Waals surface area contributed by atoms with Crippen molar-refractivity contribution in [1.82, 2.24) is 4.72 Å². The summed E-state index contributed by atoms with van der Waals surface area (Å²) in [6.45, 7) is 3.37. The normalized spacial score (nSPS) is 13.4. The van der Waals surface area contributed by atoms with Gasteiger partial charge in [-0.25, -0.2) is 12.8 Å². The maximum absolute atomic E-state index is 13.6. The number of hydrogen-bond acceptors (Lipinski definition) is 4. The molecule has 1 rings (SSSR count). The summed E-state index contributed by atoms with van der Waals surface area (Å²) in [5, 5.41) is 11.7. The van der Waals surface area contributed by atoms with Gasteiger partial charge in [-0.3, -0.25) is 0 Å². The molecular formula is C12H18FN3O3S. The van der Waals surface area contributed by atoms with Crippen molar-refractivity contribution in [2.24, 2.45) is 10.9 Å². The van der Waals surface area contributed by atoms with E-state index < -0.39 is 26.3 Å². The number of nitrogens with zero attached hydrogens (tertiary/aromatic N) is 1. The Morgan fingerprint density at radius 2 is 1.95 bits per heavy atom. The standard InChI is InChI=1S/C12H18FN3O3S/c1-3-12(4-2,11(14)15-17)16-20(18,19)10-8-6-5-7-9(10)13/h5-8,16-17H,3-4H2,1-2H3,(H2,14,15). The van der Waals surface area contributed by atoms with Crippen LogP contribution in [0.2, 0.25) is 0 Å². The second kappa shape index (κ2) is 6.19. The van der Waals surface area contributed by atoms with Crippen LogP contribution in [0.1, 0.15) is 26.7 Å². The van der Waals surface area contributed by atoms with Gasteiger partial charge in [0.1, 0.15) is 10.7 Å². The number of amidine groups is 1. The van der Waals surface area contributed by atoms with Crippen LogP contribution >= 0.6 is 0 Å². The summed E-state index contributed by atoms with van der Waals surface area (Å²) in [7, 11) is -4.12. The van der Waals surface area contributed by atoms with Gasteiger partial charge in [0.15, 0.2) is 5.84 Å². The lowest BCUT2D eigenvalue weighted by molar-refractivity contribution is 0.307. The molecular weight excluding hydrogens is 285 g/mol. The average molecular weight is 303 g/mol. The van der Waals surface area contributed by atoms with Crippen LogP contribution in [0.15, 0.2) is 34.3 Å². The fourth-order valence-electron chi connectivity index (χ4n) is 1.88. The van der Waals surface area contributed by atoms with Crippen molar-refractivity contribution >= 4 is 15.9 Å². The highest BCUT2D eigenvalue weighted by Crippen LogP contribution is 2.21. The van der Waals surface area contributed by atoms with Crippen LogP contribution < -0.4 is 10.5 Å². The van der Waals surface area contributed by atoms with Gasteiger partial charge in [-0.2, -0.15) is 4.72 Å². The summed E-state index contributed by atoms with van der Waals surface area (Å²) in [5.41, 5.74) is 4.32. The number of benzene rings is 1. The van der Waals surface area contributed by atoms with Gasteiger partial charge < -0.3 is 10.9 Å². The van der Waals surface area contributed by atoms with Crippen molar-refractivity contribution in [2.75, 3.05) is 0 Å². The molecule has 0 aliphatic heterocycles. The van der Waals surface area contributed by atoms with Crippen LogP contribution in [-0.2, 0) is 10.0 Å². The first kappa shape index (κ1) is 16.4. The lowest BCUT2D eigenvalue weighted by Crippen LogP contribution is -2.56. The molecule has 0 bridgehead atoms. The number of halogens is 1. The summed E-state index contributed by atoms with van der Waals surface area (Å²) in [6, 6.07) is 5.02. The van der Waals surface area contributed by atoms with Crippen molar-refractivity contribution in [3.8, 4) is 0 Å². The topological polar surface area (TPSA) is 105 Å². The van der Waals surface area contributed by atoms with Crippen LogP contribution in [0, 0.1) is 5.82 Å². The molecule has 0 radical (unpaired) electrons. The van der Waals surface area contributed by atoms with Crippen LogP contribution in [0.5, 0.6) is 0 Å². The summed E-state index contributed by atoms with van der Waals surface area (Å²) < 4.78 is 40.5. The smallest absolute Gasteiger partial charge is 0.244 e. The highest BCUT2D eigenvalue weighted by molar-refractivity contribution is 7.89. The number of nitrogens with two attached hydrogens (primary N) is 1. The quantitative estimate of drug-likeness (QED) is 0.320. The van der Waals surface area contributed by atoms with Crippen molar-refractivity contribution in [3.05, 3.63) is 30.1 Å². The Kier molecular flexibility index (Phi) is 5.07. The highest BCUT2D eigenvalue weighted by atomic mass is 32.2. The van der Waals surface area contributed by atoms with E-state index in [4.69, 9.17) is 10.9 Å². The lowest BCUT2D eigenvalue weighted by Gasteiger charge is -2.30. The average Bonchev–Trinajstić information content (AvgIpc) is 2.44. The first-order valence-corrected chi connectivity index (χ1v) is 7.57. The van der Waals surface area contributed by atoms with E-state index in [1.165, 1.54) is 12.1 Å². The second-order valence-corrected chi connectivity index (χ2v) is 5.96. The van der Waals surface area contributed by atoms with Crippen LogP contribution in [0.25, 0.3) is 0 Å². The van der Waals surface area contributed by atoms with E-state index in [0.717, 1.165) is 12.1 Å². The molecule has 0 saturated carbocycles. The minimum Gasteiger partial charge on any atom is -0.409 e. The molecule has 0 aromatic heterocycles. The van der Waals surface area contributed by atoms with E-state index in [1.807, 2.05) is 0 Å². The lowest BCUT2D eigenvalue weighted by atomic mass is 9.93. The Balaban J connectivity index is 3.27. The zero-order valence-corrected chi connectivity index (χ0v) is 12.1.